The van der Waals surface area contributed by atoms with E-state index in [1.54, 1.807) is 30.5 Å². The zero-order valence-corrected chi connectivity index (χ0v) is 13.6. The lowest BCUT2D eigenvalue weighted by atomic mass is 10.1. The van der Waals surface area contributed by atoms with E-state index in [-0.39, 0.29) is 18.4 Å². The summed E-state index contributed by atoms with van der Waals surface area (Å²) in [5.41, 5.74) is 1.50. The highest BCUT2D eigenvalue weighted by Crippen LogP contribution is 2.28. The van der Waals surface area contributed by atoms with E-state index in [9.17, 15) is 8.78 Å². The van der Waals surface area contributed by atoms with E-state index in [2.05, 4.69) is 15.0 Å². The van der Waals surface area contributed by atoms with Crippen LogP contribution in [0.5, 0.6) is 5.75 Å². The summed E-state index contributed by atoms with van der Waals surface area (Å²) in [4.78, 5) is 6.20. The molecule has 2 aromatic rings. The van der Waals surface area contributed by atoms with E-state index >= 15 is 0 Å². The molecular formula is C17H21F2N3O2. The first-order chi connectivity index (χ1) is 11.5. The number of benzene rings is 1. The van der Waals surface area contributed by atoms with Crippen molar-refractivity contribution in [3.8, 4) is 5.75 Å². The van der Waals surface area contributed by atoms with Crippen molar-refractivity contribution in [2.45, 2.75) is 19.6 Å². The van der Waals surface area contributed by atoms with Crippen LogP contribution in [0.15, 0.2) is 42.6 Å². The molecule has 0 fully saturated rings. The predicted octanol–water partition coefficient (Wildman–Crippen LogP) is 3.28. The van der Waals surface area contributed by atoms with Gasteiger partial charge in [0.05, 0.1) is 24.5 Å². The lowest BCUT2D eigenvalue weighted by molar-refractivity contribution is -0.0505. The Kier molecular flexibility index (Phi) is 6.31. The molecule has 24 heavy (non-hydrogen) atoms. The molecule has 0 aliphatic rings. The maximum Gasteiger partial charge on any atom is 0.387 e. The number of hydrogen-bond acceptors (Lipinski definition) is 5. The Morgan fingerprint density at radius 3 is 2.62 bits per heavy atom. The fraction of sp³-hybridized carbons (Fsp3) is 0.353. The SMILES string of the molecule is CC(Nc1ccc(N(C)CCO)cn1)c1ccccc1OC(F)F. The van der Waals surface area contributed by atoms with Gasteiger partial charge in [-0.15, -0.1) is 0 Å². The summed E-state index contributed by atoms with van der Waals surface area (Å²) in [6.45, 7) is -0.434. The second-order valence-electron chi connectivity index (χ2n) is 5.33. The number of likely N-dealkylation sites (N-methyl/N-ethyl adjacent to an activating group) is 1. The Balaban J connectivity index is 2.08. The lowest BCUT2D eigenvalue weighted by Crippen LogP contribution is -2.21. The van der Waals surface area contributed by atoms with E-state index in [0.29, 0.717) is 17.9 Å². The second kappa shape index (κ2) is 8.44. The molecular weight excluding hydrogens is 316 g/mol. The number of nitrogens with zero attached hydrogens (tertiary/aromatic N) is 2. The van der Waals surface area contributed by atoms with Gasteiger partial charge in [-0.1, -0.05) is 18.2 Å². The topological polar surface area (TPSA) is 57.6 Å². The average Bonchev–Trinajstić information content (AvgIpc) is 2.55. The van der Waals surface area contributed by atoms with Gasteiger partial charge in [0.15, 0.2) is 0 Å². The number of nitrogens with one attached hydrogen (secondary N) is 1. The van der Waals surface area contributed by atoms with E-state index in [1.807, 2.05) is 24.9 Å². The van der Waals surface area contributed by atoms with Crippen molar-refractivity contribution >= 4 is 11.5 Å². The summed E-state index contributed by atoms with van der Waals surface area (Å²) in [5.74, 6) is 0.766. The van der Waals surface area contributed by atoms with Gasteiger partial charge in [-0.2, -0.15) is 8.78 Å². The zero-order chi connectivity index (χ0) is 17.5. The number of aromatic nitrogens is 1. The number of halogens is 2. The number of rotatable bonds is 8. The third-order valence-corrected chi connectivity index (χ3v) is 3.59. The molecule has 1 aromatic carbocycles. The molecule has 2 N–H and O–H groups in total. The van der Waals surface area contributed by atoms with Gasteiger partial charge in [0, 0.05) is 19.2 Å². The largest absolute Gasteiger partial charge is 0.434 e. The first kappa shape index (κ1) is 17.9. The number of ether oxygens (including phenoxy) is 1. The van der Waals surface area contributed by atoms with E-state index in [4.69, 9.17) is 5.11 Å². The molecule has 0 saturated carbocycles. The Morgan fingerprint density at radius 2 is 2.00 bits per heavy atom. The van der Waals surface area contributed by atoms with Crippen molar-refractivity contribution in [3.05, 3.63) is 48.2 Å². The van der Waals surface area contributed by atoms with Crippen LogP contribution in [0.4, 0.5) is 20.3 Å². The molecule has 0 radical (unpaired) electrons. The number of para-hydroxylation sites is 1. The Hall–Kier alpha value is -2.41. The van der Waals surface area contributed by atoms with Crippen LogP contribution in [-0.2, 0) is 0 Å². The minimum atomic E-state index is -2.86. The average molecular weight is 337 g/mol. The van der Waals surface area contributed by atoms with Gasteiger partial charge in [-0.05, 0) is 25.1 Å². The first-order valence-corrected chi connectivity index (χ1v) is 7.59. The number of aliphatic hydroxyl groups excluding tert-OH is 1. The van der Waals surface area contributed by atoms with Gasteiger partial charge in [0.2, 0.25) is 0 Å². The predicted molar refractivity (Wildman–Crippen MR) is 89.7 cm³/mol. The van der Waals surface area contributed by atoms with Crippen LogP contribution in [0.2, 0.25) is 0 Å². The van der Waals surface area contributed by atoms with Crippen LogP contribution < -0.4 is 15.0 Å². The van der Waals surface area contributed by atoms with Crippen LogP contribution in [0.3, 0.4) is 0 Å². The van der Waals surface area contributed by atoms with Gasteiger partial charge in [-0.3, -0.25) is 0 Å². The normalized spacial score (nSPS) is 12.1. The standard InChI is InChI=1S/C17H21F2N3O2/c1-12(14-5-3-4-6-15(14)24-17(18)19)21-16-8-7-13(11-20-16)22(2)9-10-23/h3-8,11-12,17,23H,9-10H2,1-2H3,(H,20,21). The molecule has 0 amide bonds. The van der Waals surface area contributed by atoms with Crippen molar-refractivity contribution < 1.29 is 18.6 Å². The lowest BCUT2D eigenvalue weighted by Gasteiger charge is -2.20. The number of pyridine rings is 1. The quantitative estimate of drug-likeness (QED) is 0.774. The van der Waals surface area contributed by atoms with Gasteiger partial charge >= 0.3 is 6.61 Å². The molecule has 0 aliphatic heterocycles. The molecule has 1 heterocycles. The smallest absolute Gasteiger partial charge is 0.387 e. The van der Waals surface area contributed by atoms with Crippen LogP contribution in [0.25, 0.3) is 0 Å². The minimum Gasteiger partial charge on any atom is -0.434 e. The molecule has 1 unspecified atom stereocenters. The molecule has 2 rings (SSSR count). The molecule has 0 aliphatic carbocycles. The number of alkyl halides is 2. The highest BCUT2D eigenvalue weighted by atomic mass is 19.3. The van der Waals surface area contributed by atoms with Gasteiger partial charge in [0.1, 0.15) is 11.6 Å². The van der Waals surface area contributed by atoms with Gasteiger partial charge in [0.25, 0.3) is 0 Å². The van der Waals surface area contributed by atoms with E-state index in [1.165, 1.54) is 6.07 Å². The fourth-order valence-electron chi connectivity index (χ4n) is 2.32. The molecule has 5 nitrogen and oxygen atoms in total. The highest BCUT2D eigenvalue weighted by Gasteiger charge is 2.15. The van der Waals surface area contributed by atoms with E-state index < -0.39 is 6.61 Å². The summed E-state index contributed by atoms with van der Waals surface area (Å²) >= 11 is 0. The second-order valence-corrected chi connectivity index (χ2v) is 5.33. The van der Waals surface area contributed by atoms with Gasteiger partial charge < -0.3 is 20.1 Å². The molecule has 7 heteroatoms. The van der Waals surface area contributed by atoms with Crippen molar-refractivity contribution in [1.82, 2.24) is 4.98 Å². The fourth-order valence-corrected chi connectivity index (χ4v) is 2.32. The Morgan fingerprint density at radius 1 is 1.25 bits per heavy atom. The maximum atomic E-state index is 12.5. The van der Waals surface area contributed by atoms with Crippen LogP contribution in [0.1, 0.15) is 18.5 Å². The molecule has 0 spiro atoms. The van der Waals surface area contributed by atoms with Crippen molar-refractivity contribution in [2.24, 2.45) is 0 Å². The molecule has 0 saturated heterocycles. The molecule has 130 valence electrons. The Bertz CT molecular complexity index is 638. The first-order valence-electron chi connectivity index (χ1n) is 7.59. The third-order valence-electron chi connectivity index (χ3n) is 3.59. The highest BCUT2D eigenvalue weighted by molar-refractivity contribution is 5.50. The number of hydrogen-bond donors (Lipinski definition) is 2. The number of anilines is 2. The monoisotopic (exact) mass is 337 g/mol. The summed E-state index contributed by atoms with van der Waals surface area (Å²) in [5, 5.41) is 12.1. The third kappa shape index (κ3) is 4.79. The molecule has 0 bridgehead atoms. The van der Waals surface area contributed by atoms with Crippen molar-refractivity contribution in [1.29, 1.82) is 0 Å². The maximum absolute atomic E-state index is 12.5. The summed E-state index contributed by atoms with van der Waals surface area (Å²) in [6, 6.07) is 10.1. The van der Waals surface area contributed by atoms with Crippen LogP contribution >= 0.6 is 0 Å². The minimum absolute atomic E-state index is 0.0639. The van der Waals surface area contributed by atoms with Crippen LogP contribution in [-0.4, -0.2) is 36.9 Å². The van der Waals surface area contributed by atoms with Gasteiger partial charge in [-0.25, -0.2) is 4.98 Å². The Labute approximate surface area is 139 Å². The van der Waals surface area contributed by atoms with Crippen molar-refractivity contribution in [2.75, 3.05) is 30.4 Å². The van der Waals surface area contributed by atoms with Crippen molar-refractivity contribution in [3.63, 3.8) is 0 Å². The van der Waals surface area contributed by atoms with E-state index in [0.717, 1.165) is 5.69 Å². The van der Waals surface area contributed by atoms with Crippen LogP contribution in [0, 0.1) is 0 Å². The molecule has 1 atom stereocenters. The summed E-state index contributed by atoms with van der Waals surface area (Å²) in [6.07, 6.45) is 1.69. The summed E-state index contributed by atoms with van der Waals surface area (Å²) in [7, 11) is 1.86. The zero-order valence-electron chi connectivity index (χ0n) is 13.6. The number of aliphatic hydroxyl groups is 1. The summed E-state index contributed by atoms with van der Waals surface area (Å²) < 4.78 is 29.6. The molecule has 1 aromatic heterocycles.